The maximum atomic E-state index is 12.7. The molecule has 4 heteroatoms. The van der Waals surface area contributed by atoms with Crippen LogP contribution in [0.5, 0.6) is 0 Å². The predicted octanol–water partition coefficient (Wildman–Crippen LogP) is 2.55. The first-order valence-electron chi connectivity index (χ1n) is 8.40. The van der Waals surface area contributed by atoms with E-state index in [2.05, 4.69) is 35.0 Å². The van der Waals surface area contributed by atoms with Gasteiger partial charge >= 0.3 is 0 Å². The molecule has 0 unspecified atom stereocenters. The number of likely N-dealkylation sites (tertiary alicyclic amines) is 1. The molecule has 0 saturated carbocycles. The van der Waals surface area contributed by atoms with Crippen LogP contribution in [0.3, 0.4) is 0 Å². The molecule has 1 N–H and O–H groups in total. The molecule has 1 amide bonds. The Kier molecular flexibility index (Phi) is 6.18. The number of nitrogens with one attached hydrogen (secondary N) is 1. The van der Waals surface area contributed by atoms with Crippen molar-refractivity contribution in [3.05, 3.63) is 29.6 Å². The third-order valence-corrected chi connectivity index (χ3v) is 4.58. The van der Waals surface area contributed by atoms with Gasteiger partial charge in [0.05, 0.1) is 18.3 Å². The maximum Gasteiger partial charge on any atom is 0.223 e. The van der Waals surface area contributed by atoms with Crippen LogP contribution in [0, 0.1) is 31.1 Å². The number of terminal acetylenes is 1. The smallest absolute Gasteiger partial charge is 0.223 e. The van der Waals surface area contributed by atoms with E-state index in [1.165, 1.54) is 0 Å². The van der Waals surface area contributed by atoms with E-state index in [-0.39, 0.29) is 17.9 Å². The van der Waals surface area contributed by atoms with E-state index in [1.807, 2.05) is 19.1 Å². The normalized spacial score (nSPS) is 17.7. The van der Waals surface area contributed by atoms with E-state index in [4.69, 9.17) is 6.42 Å². The number of pyridine rings is 1. The lowest BCUT2D eigenvalue weighted by Crippen LogP contribution is -2.42. The zero-order valence-corrected chi connectivity index (χ0v) is 14.4. The van der Waals surface area contributed by atoms with Crippen molar-refractivity contribution in [1.29, 1.82) is 0 Å². The van der Waals surface area contributed by atoms with Gasteiger partial charge in [0.15, 0.2) is 0 Å². The van der Waals surface area contributed by atoms with Crippen LogP contribution in [0.15, 0.2) is 18.3 Å². The zero-order valence-electron chi connectivity index (χ0n) is 14.4. The van der Waals surface area contributed by atoms with E-state index in [0.717, 1.165) is 37.2 Å². The molecule has 2 rings (SSSR count). The number of aromatic nitrogens is 1. The standard InChI is InChI=1S/C19H27N3O/c1-5-11-22-12-8-16(9-13-22)19(23)21-17(14(2)3)18-15(4)7-6-10-20-18/h1,6-7,10,14,16-17H,8-9,11-13H2,2-4H3,(H,21,23)/t17-/m1/s1. The Morgan fingerprint density at radius 2 is 2.17 bits per heavy atom. The fourth-order valence-electron chi connectivity index (χ4n) is 3.13. The topological polar surface area (TPSA) is 45.2 Å². The quantitative estimate of drug-likeness (QED) is 0.850. The monoisotopic (exact) mass is 313 g/mol. The van der Waals surface area contributed by atoms with Gasteiger partial charge in [0.1, 0.15) is 0 Å². The Morgan fingerprint density at radius 3 is 2.74 bits per heavy atom. The molecule has 124 valence electrons. The van der Waals surface area contributed by atoms with Crippen LogP contribution >= 0.6 is 0 Å². The Morgan fingerprint density at radius 1 is 1.48 bits per heavy atom. The summed E-state index contributed by atoms with van der Waals surface area (Å²) >= 11 is 0. The van der Waals surface area contributed by atoms with E-state index < -0.39 is 0 Å². The van der Waals surface area contributed by atoms with E-state index in [1.54, 1.807) is 6.20 Å². The lowest BCUT2D eigenvalue weighted by Gasteiger charge is -2.31. The summed E-state index contributed by atoms with van der Waals surface area (Å²) in [5.41, 5.74) is 2.09. The SMILES string of the molecule is C#CCN1CCC(C(=O)N[C@@H](c2ncccc2C)C(C)C)CC1. The average molecular weight is 313 g/mol. The number of carbonyl (C=O) groups is 1. The highest BCUT2D eigenvalue weighted by Crippen LogP contribution is 2.25. The van der Waals surface area contributed by atoms with Crippen LogP contribution < -0.4 is 5.32 Å². The van der Waals surface area contributed by atoms with Gasteiger partial charge < -0.3 is 5.32 Å². The van der Waals surface area contributed by atoms with Crippen LogP contribution in [0.4, 0.5) is 0 Å². The molecular weight excluding hydrogens is 286 g/mol. The van der Waals surface area contributed by atoms with Crippen LogP contribution in [0.1, 0.15) is 44.0 Å². The number of hydrogen-bond donors (Lipinski definition) is 1. The van der Waals surface area contributed by atoms with Gasteiger partial charge in [0, 0.05) is 12.1 Å². The first-order chi connectivity index (χ1) is 11.0. The molecular formula is C19H27N3O. The van der Waals surface area contributed by atoms with Gasteiger partial charge in [-0.3, -0.25) is 14.7 Å². The summed E-state index contributed by atoms with van der Waals surface area (Å²) in [6.45, 7) is 8.76. The minimum absolute atomic E-state index is 0.0348. The van der Waals surface area contributed by atoms with Crippen LogP contribution in [-0.4, -0.2) is 35.4 Å². The Labute approximate surface area is 139 Å². The Hall–Kier alpha value is -1.86. The Bertz CT molecular complexity index is 568. The molecule has 0 aliphatic carbocycles. The van der Waals surface area contributed by atoms with Gasteiger partial charge in [-0.25, -0.2) is 0 Å². The van der Waals surface area contributed by atoms with Crippen molar-refractivity contribution in [1.82, 2.24) is 15.2 Å². The molecule has 23 heavy (non-hydrogen) atoms. The van der Waals surface area contributed by atoms with Gasteiger partial charge in [0.25, 0.3) is 0 Å². The third-order valence-electron chi connectivity index (χ3n) is 4.58. The second-order valence-electron chi connectivity index (χ2n) is 6.69. The Balaban J connectivity index is 2.00. The van der Waals surface area contributed by atoms with Gasteiger partial charge in [-0.1, -0.05) is 25.8 Å². The van der Waals surface area contributed by atoms with E-state index in [0.29, 0.717) is 12.5 Å². The maximum absolute atomic E-state index is 12.7. The van der Waals surface area contributed by atoms with Gasteiger partial charge in [0.2, 0.25) is 5.91 Å². The van der Waals surface area contributed by atoms with E-state index in [9.17, 15) is 4.79 Å². The number of rotatable bonds is 5. The first-order valence-corrected chi connectivity index (χ1v) is 8.40. The predicted molar refractivity (Wildman–Crippen MR) is 92.7 cm³/mol. The molecule has 2 heterocycles. The molecule has 0 bridgehead atoms. The lowest BCUT2D eigenvalue weighted by atomic mass is 9.93. The summed E-state index contributed by atoms with van der Waals surface area (Å²) in [5, 5.41) is 3.23. The molecule has 1 aromatic heterocycles. The summed E-state index contributed by atoms with van der Waals surface area (Å²) in [6.07, 6.45) is 8.90. The van der Waals surface area contributed by atoms with E-state index >= 15 is 0 Å². The molecule has 0 spiro atoms. The second-order valence-corrected chi connectivity index (χ2v) is 6.69. The first kappa shape index (κ1) is 17.5. The molecule has 1 aliphatic rings. The minimum Gasteiger partial charge on any atom is -0.347 e. The highest BCUT2D eigenvalue weighted by molar-refractivity contribution is 5.79. The van der Waals surface area contributed by atoms with Gasteiger partial charge in [-0.2, -0.15) is 0 Å². The van der Waals surface area contributed by atoms with Crippen molar-refractivity contribution in [3.63, 3.8) is 0 Å². The molecule has 0 radical (unpaired) electrons. The van der Waals surface area contributed by atoms with Crippen molar-refractivity contribution in [2.45, 2.75) is 39.7 Å². The molecule has 1 atom stereocenters. The van der Waals surface area contributed by atoms with Crippen molar-refractivity contribution in [3.8, 4) is 12.3 Å². The van der Waals surface area contributed by atoms with Crippen molar-refractivity contribution in [2.75, 3.05) is 19.6 Å². The minimum atomic E-state index is -0.0348. The highest BCUT2D eigenvalue weighted by Gasteiger charge is 2.28. The number of nitrogens with zero attached hydrogens (tertiary/aromatic N) is 2. The number of carbonyl (C=O) groups excluding carboxylic acids is 1. The highest BCUT2D eigenvalue weighted by atomic mass is 16.2. The molecule has 1 aliphatic heterocycles. The summed E-state index contributed by atoms with van der Waals surface area (Å²) in [5.74, 6) is 3.20. The summed E-state index contributed by atoms with van der Waals surface area (Å²) in [7, 11) is 0. The molecule has 0 aromatic carbocycles. The number of amides is 1. The van der Waals surface area contributed by atoms with Crippen molar-refractivity contribution < 1.29 is 4.79 Å². The van der Waals surface area contributed by atoms with Crippen molar-refractivity contribution in [2.24, 2.45) is 11.8 Å². The fourth-order valence-corrected chi connectivity index (χ4v) is 3.13. The summed E-state index contributed by atoms with van der Waals surface area (Å²) in [6, 6.07) is 3.94. The summed E-state index contributed by atoms with van der Waals surface area (Å²) < 4.78 is 0. The number of piperidine rings is 1. The third kappa shape index (κ3) is 4.56. The van der Waals surface area contributed by atoms with Gasteiger partial charge in [-0.05, 0) is 50.4 Å². The fraction of sp³-hybridized carbons (Fsp3) is 0.579. The molecule has 1 aromatic rings. The van der Waals surface area contributed by atoms with Crippen LogP contribution in [0.25, 0.3) is 0 Å². The second kappa shape index (κ2) is 8.12. The van der Waals surface area contributed by atoms with Crippen LogP contribution in [-0.2, 0) is 4.79 Å². The van der Waals surface area contributed by atoms with Crippen molar-refractivity contribution >= 4 is 5.91 Å². The number of hydrogen-bond acceptors (Lipinski definition) is 3. The molecule has 4 nitrogen and oxygen atoms in total. The zero-order chi connectivity index (χ0) is 16.8. The molecule has 1 saturated heterocycles. The lowest BCUT2D eigenvalue weighted by molar-refractivity contribution is -0.127. The average Bonchev–Trinajstić information content (AvgIpc) is 2.54. The number of aryl methyl sites for hydroxylation is 1. The van der Waals surface area contributed by atoms with Gasteiger partial charge in [-0.15, -0.1) is 6.42 Å². The largest absolute Gasteiger partial charge is 0.347 e. The molecule has 1 fully saturated rings. The van der Waals surface area contributed by atoms with Crippen LogP contribution in [0.2, 0.25) is 0 Å². The summed E-state index contributed by atoms with van der Waals surface area (Å²) in [4.78, 5) is 19.4.